The lowest BCUT2D eigenvalue weighted by Gasteiger charge is -2.44. The van der Waals surface area contributed by atoms with Crippen LogP contribution >= 0.6 is 0 Å². The molecule has 0 radical (unpaired) electrons. The molecule has 1 saturated carbocycles. The minimum absolute atomic E-state index is 0.0808. The van der Waals surface area contributed by atoms with Crippen molar-refractivity contribution in [2.75, 3.05) is 25.4 Å². The van der Waals surface area contributed by atoms with E-state index in [2.05, 4.69) is 10.2 Å². The first-order chi connectivity index (χ1) is 11.0. The molecule has 1 amide bonds. The highest BCUT2D eigenvalue weighted by molar-refractivity contribution is 7.92. The van der Waals surface area contributed by atoms with Crippen LogP contribution in [-0.4, -0.2) is 55.9 Å². The molecule has 1 aliphatic heterocycles. The first kappa shape index (κ1) is 18.7. The molecule has 0 bridgehead atoms. The van der Waals surface area contributed by atoms with Gasteiger partial charge in [0, 0.05) is 19.1 Å². The largest absolute Gasteiger partial charge is 0.354 e. The minimum Gasteiger partial charge on any atom is -0.354 e. The summed E-state index contributed by atoms with van der Waals surface area (Å²) in [6.45, 7) is 5.82. The fourth-order valence-corrected chi connectivity index (χ4v) is 5.43. The van der Waals surface area contributed by atoms with Crippen LogP contribution in [0.25, 0.3) is 0 Å². The molecular weight excluding hydrogens is 312 g/mol. The number of nitrogens with zero attached hydrogens (tertiary/aromatic N) is 1. The number of rotatable bonds is 7. The standard InChI is InChI=1S/C17H32N2O3S/c1-3-13-23(21,22)14(2)17(20)18-10-12-19-11-6-8-15-7-4-5-9-16(15)19/h14-16H,3-13H2,1-2H3,(H,18,20)/t14-,15-,16-/m1/s1. The molecule has 2 rings (SSSR count). The Hall–Kier alpha value is -0.620. The highest BCUT2D eigenvalue weighted by Crippen LogP contribution is 2.34. The third-order valence-corrected chi connectivity index (χ3v) is 7.72. The van der Waals surface area contributed by atoms with Crippen LogP contribution < -0.4 is 5.32 Å². The highest BCUT2D eigenvalue weighted by Gasteiger charge is 2.33. The zero-order valence-electron chi connectivity index (χ0n) is 14.6. The third kappa shape index (κ3) is 4.92. The summed E-state index contributed by atoms with van der Waals surface area (Å²) >= 11 is 0. The molecule has 6 heteroatoms. The molecule has 0 unspecified atom stereocenters. The number of hydrogen-bond acceptors (Lipinski definition) is 4. The number of sulfone groups is 1. The summed E-state index contributed by atoms with van der Waals surface area (Å²) in [6, 6.07) is 0.677. The van der Waals surface area contributed by atoms with Crippen molar-refractivity contribution in [2.24, 2.45) is 5.92 Å². The van der Waals surface area contributed by atoms with Gasteiger partial charge in [0.05, 0.1) is 5.75 Å². The summed E-state index contributed by atoms with van der Waals surface area (Å²) < 4.78 is 23.9. The van der Waals surface area contributed by atoms with Crippen molar-refractivity contribution in [3.63, 3.8) is 0 Å². The van der Waals surface area contributed by atoms with Gasteiger partial charge in [-0.05, 0) is 51.5 Å². The summed E-state index contributed by atoms with van der Waals surface area (Å²) in [4.78, 5) is 14.6. The van der Waals surface area contributed by atoms with Crippen molar-refractivity contribution in [3.8, 4) is 0 Å². The smallest absolute Gasteiger partial charge is 0.238 e. The van der Waals surface area contributed by atoms with E-state index in [9.17, 15) is 13.2 Å². The molecule has 2 aliphatic rings. The van der Waals surface area contributed by atoms with Crippen molar-refractivity contribution in [2.45, 2.75) is 70.1 Å². The lowest BCUT2D eigenvalue weighted by Crippen LogP contribution is -2.50. The van der Waals surface area contributed by atoms with Gasteiger partial charge in [0.1, 0.15) is 5.25 Å². The van der Waals surface area contributed by atoms with Gasteiger partial charge >= 0.3 is 0 Å². The Bertz CT molecular complexity index is 490. The fourth-order valence-electron chi connectivity index (χ4n) is 4.10. The van der Waals surface area contributed by atoms with Gasteiger partial charge in [-0.3, -0.25) is 9.69 Å². The Balaban J connectivity index is 1.78. The fraction of sp³-hybridized carbons (Fsp3) is 0.941. The van der Waals surface area contributed by atoms with E-state index in [-0.39, 0.29) is 11.7 Å². The maximum absolute atomic E-state index is 12.1. The Morgan fingerprint density at radius 2 is 1.91 bits per heavy atom. The number of likely N-dealkylation sites (tertiary alicyclic amines) is 1. The molecule has 0 aromatic rings. The zero-order valence-corrected chi connectivity index (χ0v) is 15.4. The number of carbonyl (C=O) groups excluding carboxylic acids is 1. The van der Waals surface area contributed by atoms with E-state index in [4.69, 9.17) is 0 Å². The van der Waals surface area contributed by atoms with Gasteiger partial charge in [0.25, 0.3) is 0 Å². The van der Waals surface area contributed by atoms with E-state index >= 15 is 0 Å². The van der Waals surface area contributed by atoms with Crippen LogP contribution in [0.15, 0.2) is 0 Å². The Morgan fingerprint density at radius 1 is 1.22 bits per heavy atom. The molecule has 0 aromatic heterocycles. The van der Waals surface area contributed by atoms with Crippen LogP contribution in [0.4, 0.5) is 0 Å². The number of hydrogen-bond donors (Lipinski definition) is 1. The third-order valence-electron chi connectivity index (χ3n) is 5.45. The predicted octanol–water partition coefficient (Wildman–Crippen LogP) is 1.97. The van der Waals surface area contributed by atoms with Crippen LogP contribution in [-0.2, 0) is 14.6 Å². The number of carbonyl (C=O) groups is 1. The second kappa shape index (κ2) is 8.47. The molecule has 134 valence electrons. The van der Waals surface area contributed by atoms with Crippen LogP contribution in [0.5, 0.6) is 0 Å². The number of piperidine rings is 1. The molecule has 5 nitrogen and oxygen atoms in total. The van der Waals surface area contributed by atoms with E-state index in [0.29, 0.717) is 19.0 Å². The topological polar surface area (TPSA) is 66.5 Å². The average Bonchev–Trinajstić information content (AvgIpc) is 2.54. The van der Waals surface area contributed by atoms with E-state index in [1.807, 2.05) is 6.92 Å². The summed E-state index contributed by atoms with van der Waals surface area (Å²) in [6.07, 6.45) is 8.45. The highest BCUT2D eigenvalue weighted by atomic mass is 32.2. The number of amides is 1. The van der Waals surface area contributed by atoms with Crippen molar-refractivity contribution in [1.29, 1.82) is 0 Å². The Morgan fingerprint density at radius 3 is 2.65 bits per heavy atom. The Labute approximate surface area is 141 Å². The number of fused-ring (bicyclic) bond motifs is 1. The first-order valence-electron chi connectivity index (χ1n) is 9.19. The minimum atomic E-state index is -3.31. The summed E-state index contributed by atoms with van der Waals surface area (Å²) in [5.74, 6) is 0.560. The molecule has 1 aliphatic carbocycles. The van der Waals surface area contributed by atoms with E-state index in [1.54, 1.807) is 0 Å². The lowest BCUT2D eigenvalue weighted by molar-refractivity contribution is -0.120. The second-order valence-corrected chi connectivity index (χ2v) is 9.53. The molecular formula is C17H32N2O3S. The van der Waals surface area contributed by atoms with Crippen LogP contribution in [0.1, 0.15) is 58.8 Å². The normalized spacial score (nSPS) is 27.2. The first-order valence-corrected chi connectivity index (χ1v) is 10.9. The molecule has 2 fully saturated rings. The molecule has 1 N–H and O–H groups in total. The maximum atomic E-state index is 12.1. The van der Waals surface area contributed by atoms with Gasteiger partial charge in [0.15, 0.2) is 9.84 Å². The van der Waals surface area contributed by atoms with E-state index < -0.39 is 15.1 Å². The van der Waals surface area contributed by atoms with Crippen LogP contribution in [0.3, 0.4) is 0 Å². The summed E-state index contributed by atoms with van der Waals surface area (Å²) in [5.41, 5.74) is 0. The SMILES string of the molecule is CCCS(=O)(=O)[C@H](C)C(=O)NCCN1CCC[C@H]2CCCC[C@H]21. The molecule has 1 saturated heterocycles. The molecule has 0 aromatic carbocycles. The van der Waals surface area contributed by atoms with E-state index in [1.165, 1.54) is 45.4 Å². The van der Waals surface area contributed by atoms with Crippen molar-refractivity contribution < 1.29 is 13.2 Å². The molecule has 3 atom stereocenters. The van der Waals surface area contributed by atoms with Gasteiger partial charge in [-0.2, -0.15) is 0 Å². The summed E-state index contributed by atoms with van der Waals surface area (Å²) in [7, 11) is -3.31. The molecule has 1 heterocycles. The lowest BCUT2D eigenvalue weighted by atomic mass is 9.78. The van der Waals surface area contributed by atoms with Gasteiger partial charge < -0.3 is 5.32 Å². The quantitative estimate of drug-likeness (QED) is 0.767. The van der Waals surface area contributed by atoms with Crippen molar-refractivity contribution in [3.05, 3.63) is 0 Å². The van der Waals surface area contributed by atoms with Gasteiger partial charge in [-0.15, -0.1) is 0 Å². The predicted molar refractivity (Wildman–Crippen MR) is 93.1 cm³/mol. The van der Waals surface area contributed by atoms with E-state index in [0.717, 1.165) is 19.0 Å². The summed E-state index contributed by atoms with van der Waals surface area (Å²) in [5, 5.41) is 1.89. The monoisotopic (exact) mass is 344 g/mol. The van der Waals surface area contributed by atoms with Crippen molar-refractivity contribution >= 4 is 15.7 Å². The zero-order chi connectivity index (χ0) is 16.9. The van der Waals surface area contributed by atoms with Crippen LogP contribution in [0, 0.1) is 5.92 Å². The van der Waals surface area contributed by atoms with Gasteiger partial charge in [-0.25, -0.2) is 8.42 Å². The van der Waals surface area contributed by atoms with Crippen molar-refractivity contribution in [1.82, 2.24) is 10.2 Å². The average molecular weight is 345 g/mol. The Kier molecular flexibility index (Phi) is 6.89. The second-order valence-electron chi connectivity index (χ2n) is 7.09. The van der Waals surface area contributed by atoms with Gasteiger partial charge in [0.2, 0.25) is 5.91 Å². The van der Waals surface area contributed by atoms with Crippen LogP contribution in [0.2, 0.25) is 0 Å². The number of nitrogens with one attached hydrogen (secondary N) is 1. The maximum Gasteiger partial charge on any atom is 0.238 e. The van der Waals surface area contributed by atoms with Gasteiger partial charge in [-0.1, -0.05) is 19.8 Å². The molecule has 23 heavy (non-hydrogen) atoms. The molecule has 0 spiro atoms.